The Hall–Kier alpha value is -2.01. The summed E-state index contributed by atoms with van der Waals surface area (Å²) in [6.45, 7) is 0.364. The Labute approximate surface area is 118 Å². The van der Waals surface area contributed by atoms with Crippen molar-refractivity contribution in [3.8, 4) is 5.75 Å². The topological polar surface area (TPSA) is 72.5 Å². The third kappa shape index (κ3) is 3.48. The zero-order valence-corrected chi connectivity index (χ0v) is 11.6. The van der Waals surface area contributed by atoms with Gasteiger partial charge in [0, 0.05) is 10.2 Å². The maximum atomic E-state index is 11.0. The van der Waals surface area contributed by atoms with Gasteiger partial charge in [0.05, 0.1) is 5.56 Å². The monoisotopic (exact) mass is 321 g/mol. The minimum Gasteiger partial charge on any atom is -0.489 e. The van der Waals surface area contributed by atoms with Crippen LogP contribution in [0.1, 0.15) is 15.9 Å². The number of hydrogen-bond donors (Lipinski definition) is 2. The minimum atomic E-state index is -1.06. The molecule has 0 unspecified atom stereocenters. The Balaban J connectivity index is 2.12. The summed E-state index contributed by atoms with van der Waals surface area (Å²) >= 11 is 3.38. The number of rotatable bonds is 4. The van der Waals surface area contributed by atoms with E-state index in [4.69, 9.17) is 15.6 Å². The van der Waals surface area contributed by atoms with Gasteiger partial charge >= 0.3 is 5.97 Å². The molecule has 0 aliphatic carbocycles. The van der Waals surface area contributed by atoms with Crippen molar-refractivity contribution in [1.82, 2.24) is 0 Å². The smallest absolute Gasteiger partial charge is 0.337 e. The molecule has 0 saturated heterocycles. The molecule has 0 aliphatic rings. The molecule has 0 atom stereocenters. The molecule has 0 amide bonds. The van der Waals surface area contributed by atoms with Crippen molar-refractivity contribution in [2.45, 2.75) is 6.61 Å². The Morgan fingerprint density at radius 1 is 1.26 bits per heavy atom. The Morgan fingerprint density at radius 3 is 2.74 bits per heavy atom. The summed E-state index contributed by atoms with van der Waals surface area (Å²) in [5.41, 5.74) is 6.84. The maximum Gasteiger partial charge on any atom is 0.337 e. The molecule has 98 valence electrons. The SMILES string of the molecule is Nc1ccc(OCc2cccc(Br)c2)cc1C(=O)O. The van der Waals surface area contributed by atoms with Gasteiger partial charge in [0.15, 0.2) is 0 Å². The van der Waals surface area contributed by atoms with E-state index in [0.717, 1.165) is 10.0 Å². The van der Waals surface area contributed by atoms with Crippen LogP contribution in [-0.4, -0.2) is 11.1 Å². The Kier molecular flexibility index (Phi) is 4.06. The van der Waals surface area contributed by atoms with Crippen LogP contribution in [0.4, 0.5) is 5.69 Å². The second-order valence-corrected chi connectivity index (χ2v) is 4.89. The van der Waals surface area contributed by atoms with E-state index >= 15 is 0 Å². The molecule has 0 saturated carbocycles. The molecule has 4 nitrogen and oxygen atoms in total. The first kappa shape index (κ1) is 13.4. The molecule has 19 heavy (non-hydrogen) atoms. The van der Waals surface area contributed by atoms with E-state index in [2.05, 4.69) is 15.9 Å². The standard InChI is InChI=1S/C14H12BrNO3/c15-10-3-1-2-9(6-10)8-19-11-4-5-13(16)12(7-11)14(17)18/h1-7H,8,16H2,(H,17,18). The van der Waals surface area contributed by atoms with Crippen molar-refractivity contribution in [2.75, 3.05) is 5.73 Å². The highest BCUT2D eigenvalue weighted by Crippen LogP contribution is 2.21. The number of halogens is 1. The average Bonchev–Trinajstić information content (AvgIpc) is 2.37. The van der Waals surface area contributed by atoms with Crippen molar-refractivity contribution < 1.29 is 14.6 Å². The Morgan fingerprint density at radius 2 is 2.05 bits per heavy atom. The van der Waals surface area contributed by atoms with Gasteiger partial charge in [-0.2, -0.15) is 0 Å². The van der Waals surface area contributed by atoms with Crippen LogP contribution in [0.15, 0.2) is 46.9 Å². The van der Waals surface area contributed by atoms with Crippen LogP contribution < -0.4 is 10.5 Å². The predicted octanol–water partition coefficient (Wildman–Crippen LogP) is 3.31. The molecule has 0 aromatic heterocycles. The summed E-state index contributed by atoms with van der Waals surface area (Å²) in [6.07, 6.45) is 0. The maximum absolute atomic E-state index is 11.0. The van der Waals surface area contributed by atoms with Gasteiger partial charge < -0.3 is 15.6 Å². The van der Waals surface area contributed by atoms with E-state index in [-0.39, 0.29) is 11.3 Å². The molecule has 5 heteroatoms. The molecule has 0 fully saturated rings. The second-order valence-electron chi connectivity index (χ2n) is 3.97. The molecule has 0 bridgehead atoms. The number of hydrogen-bond acceptors (Lipinski definition) is 3. The number of nitrogen functional groups attached to an aromatic ring is 1. The number of ether oxygens (including phenoxy) is 1. The number of carbonyl (C=O) groups is 1. The van der Waals surface area contributed by atoms with E-state index < -0.39 is 5.97 Å². The lowest BCUT2D eigenvalue weighted by molar-refractivity contribution is 0.0697. The highest BCUT2D eigenvalue weighted by Gasteiger charge is 2.09. The van der Waals surface area contributed by atoms with Crippen molar-refractivity contribution in [3.63, 3.8) is 0 Å². The summed E-state index contributed by atoms with van der Waals surface area (Å²) in [7, 11) is 0. The lowest BCUT2D eigenvalue weighted by atomic mass is 10.1. The van der Waals surface area contributed by atoms with Crippen LogP contribution in [0, 0.1) is 0 Å². The van der Waals surface area contributed by atoms with E-state index in [9.17, 15) is 4.79 Å². The van der Waals surface area contributed by atoms with Gasteiger partial charge in [-0.25, -0.2) is 4.79 Å². The van der Waals surface area contributed by atoms with Gasteiger partial charge in [0.2, 0.25) is 0 Å². The van der Waals surface area contributed by atoms with Gasteiger partial charge in [-0.15, -0.1) is 0 Å². The van der Waals surface area contributed by atoms with E-state index in [1.807, 2.05) is 24.3 Å². The van der Waals surface area contributed by atoms with Crippen LogP contribution in [0.3, 0.4) is 0 Å². The normalized spacial score (nSPS) is 10.2. The molecular weight excluding hydrogens is 310 g/mol. The summed E-state index contributed by atoms with van der Waals surface area (Å²) in [5.74, 6) is -0.586. The van der Waals surface area contributed by atoms with Gasteiger partial charge in [-0.3, -0.25) is 0 Å². The molecule has 0 spiro atoms. The van der Waals surface area contributed by atoms with E-state index in [1.54, 1.807) is 6.07 Å². The predicted molar refractivity (Wildman–Crippen MR) is 76.3 cm³/mol. The van der Waals surface area contributed by atoms with Gasteiger partial charge in [0.25, 0.3) is 0 Å². The van der Waals surface area contributed by atoms with Crippen LogP contribution in [-0.2, 0) is 6.61 Å². The first-order chi connectivity index (χ1) is 9.06. The highest BCUT2D eigenvalue weighted by atomic mass is 79.9. The summed E-state index contributed by atoms with van der Waals surface area (Å²) in [6, 6.07) is 12.3. The summed E-state index contributed by atoms with van der Waals surface area (Å²) in [5, 5.41) is 8.97. The van der Waals surface area contributed by atoms with Crippen molar-refractivity contribution in [1.29, 1.82) is 0 Å². The number of benzene rings is 2. The minimum absolute atomic E-state index is 0.0479. The third-order valence-electron chi connectivity index (χ3n) is 2.55. The molecule has 0 heterocycles. The van der Waals surface area contributed by atoms with Gasteiger partial charge in [-0.05, 0) is 35.9 Å². The van der Waals surface area contributed by atoms with Gasteiger partial charge in [-0.1, -0.05) is 28.1 Å². The van der Waals surface area contributed by atoms with Crippen LogP contribution in [0.25, 0.3) is 0 Å². The third-order valence-corrected chi connectivity index (χ3v) is 3.04. The molecule has 2 aromatic carbocycles. The molecule has 3 N–H and O–H groups in total. The fraction of sp³-hybridized carbons (Fsp3) is 0.0714. The van der Waals surface area contributed by atoms with Gasteiger partial charge in [0.1, 0.15) is 12.4 Å². The van der Waals surface area contributed by atoms with Crippen molar-refractivity contribution in [2.24, 2.45) is 0 Å². The molecule has 0 radical (unpaired) electrons. The van der Waals surface area contributed by atoms with Crippen LogP contribution >= 0.6 is 15.9 Å². The quantitative estimate of drug-likeness (QED) is 0.847. The van der Waals surface area contributed by atoms with E-state index in [0.29, 0.717) is 12.4 Å². The van der Waals surface area contributed by atoms with E-state index in [1.165, 1.54) is 12.1 Å². The lowest BCUT2D eigenvalue weighted by Gasteiger charge is -2.08. The zero-order valence-electron chi connectivity index (χ0n) is 9.97. The molecular formula is C14H12BrNO3. The van der Waals surface area contributed by atoms with Crippen molar-refractivity contribution >= 4 is 27.6 Å². The lowest BCUT2D eigenvalue weighted by Crippen LogP contribution is -2.03. The van der Waals surface area contributed by atoms with Crippen LogP contribution in [0.5, 0.6) is 5.75 Å². The second kappa shape index (κ2) is 5.75. The van der Waals surface area contributed by atoms with Crippen LogP contribution in [0.2, 0.25) is 0 Å². The number of aromatic carboxylic acids is 1. The summed E-state index contributed by atoms with van der Waals surface area (Å²) in [4.78, 5) is 11.0. The first-order valence-corrected chi connectivity index (χ1v) is 6.35. The fourth-order valence-electron chi connectivity index (χ4n) is 1.60. The molecule has 2 aromatic rings. The number of anilines is 1. The average molecular weight is 322 g/mol. The molecule has 2 rings (SSSR count). The zero-order chi connectivity index (χ0) is 13.8. The number of nitrogens with two attached hydrogens (primary N) is 1. The fourth-order valence-corrected chi connectivity index (χ4v) is 2.05. The largest absolute Gasteiger partial charge is 0.489 e. The Bertz CT molecular complexity index is 613. The molecule has 0 aliphatic heterocycles. The first-order valence-electron chi connectivity index (χ1n) is 5.56. The highest BCUT2D eigenvalue weighted by molar-refractivity contribution is 9.10. The number of carboxylic acid groups (broad SMARTS) is 1. The number of carboxylic acids is 1. The van der Waals surface area contributed by atoms with Crippen molar-refractivity contribution in [3.05, 3.63) is 58.1 Å². The summed E-state index contributed by atoms with van der Waals surface area (Å²) < 4.78 is 6.52.